The standard InChI is InChI=1S/C14H27N3O2/c1-10(2)17-12(18)8-16-13(19)14(9-15)6-4-11(3)5-7-14/h10-11H,4-9,15H2,1-3H3,(H,16,19)(H,17,18). The van der Waals surface area contributed by atoms with E-state index in [0.717, 1.165) is 25.7 Å². The third-order valence-electron chi connectivity index (χ3n) is 3.96. The minimum atomic E-state index is -0.468. The lowest BCUT2D eigenvalue weighted by atomic mass is 9.70. The Labute approximate surface area is 115 Å². The first kappa shape index (κ1) is 16.0. The molecule has 0 aromatic heterocycles. The Bertz CT molecular complexity index is 321. The number of carbonyl (C=O) groups is 2. The average molecular weight is 269 g/mol. The molecule has 1 saturated carbocycles. The Balaban J connectivity index is 2.48. The number of nitrogens with one attached hydrogen (secondary N) is 2. The van der Waals surface area contributed by atoms with Gasteiger partial charge in [-0.3, -0.25) is 9.59 Å². The predicted octanol–water partition coefficient (Wildman–Crippen LogP) is 0.782. The third kappa shape index (κ3) is 4.49. The second kappa shape index (κ2) is 6.89. The van der Waals surface area contributed by atoms with Gasteiger partial charge in [-0.15, -0.1) is 0 Å². The van der Waals surface area contributed by atoms with Crippen LogP contribution in [0.15, 0.2) is 0 Å². The first-order chi connectivity index (χ1) is 8.89. The smallest absolute Gasteiger partial charge is 0.239 e. The molecular weight excluding hydrogens is 242 g/mol. The molecule has 1 aliphatic carbocycles. The van der Waals surface area contributed by atoms with Gasteiger partial charge in [-0.1, -0.05) is 6.92 Å². The Morgan fingerprint density at radius 2 is 1.89 bits per heavy atom. The summed E-state index contributed by atoms with van der Waals surface area (Å²) in [5.41, 5.74) is 5.34. The molecule has 5 heteroatoms. The summed E-state index contributed by atoms with van der Waals surface area (Å²) in [5, 5.41) is 5.49. The molecule has 0 bridgehead atoms. The zero-order chi connectivity index (χ0) is 14.5. The number of hydrogen-bond donors (Lipinski definition) is 3. The maximum absolute atomic E-state index is 12.3. The van der Waals surface area contributed by atoms with Crippen LogP contribution in [0.5, 0.6) is 0 Å². The Morgan fingerprint density at radius 3 is 2.37 bits per heavy atom. The molecule has 5 nitrogen and oxygen atoms in total. The second-order valence-corrected chi connectivity index (χ2v) is 6.07. The molecule has 0 aromatic carbocycles. The van der Waals surface area contributed by atoms with E-state index in [9.17, 15) is 9.59 Å². The largest absolute Gasteiger partial charge is 0.352 e. The molecule has 0 saturated heterocycles. The van der Waals surface area contributed by atoms with Crippen LogP contribution in [0, 0.1) is 11.3 Å². The fraction of sp³-hybridized carbons (Fsp3) is 0.857. The SMILES string of the molecule is CC1CCC(CN)(C(=O)NCC(=O)NC(C)C)CC1. The highest BCUT2D eigenvalue weighted by Crippen LogP contribution is 2.38. The van der Waals surface area contributed by atoms with E-state index in [4.69, 9.17) is 5.73 Å². The fourth-order valence-corrected chi connectivity index (χ4v) is 2.56. The van der Waals surface area contributed by atoms with E-state index in [-0.39, 0.29) is 24.4 Å². The fourth-order valence-electron chi connectivity index (χ4n) is 2.56. The molecule has 110 valence electrons. The molecule has 0 aromatic rings. The normalized spacial score (nSPS) is 27.1. The maximum Gasteiger partial charge on any atom is 0.239 e. The number of nitrogens with two attached hydrogens (primary N) is 1. The molecule has 0 atom stereocenters. The van der Waals surface area contributed by atoms with Crippen LogP contribution in [0.3, 0.4) is 0 Å². The van der Waals surface area contributed by atoms with Gasteiger partial charge in [0.2, 0.25) is 11.8 Å². The molecule has 2 amide bonds. The van der Waals surface area contributed by atoms with Crippen LogP contribution >= 0.6 is 0 Å². The van der Waals surface area contributed by atoms with Crippen molar-refractivity contribution in [1.29, 1.82) is 0 Å². The molecule has 0 radical (unpaired) electrons. The van der Waals surface area contributed by atoms with E-state index in [2.05, 4.69) is 17.6 Å². The molecule has 4 N–H and O–H groups in total. The van der Waals surface area contributed by atoms with Gasteiger partial charge in [-0.2, -0.15) is 0 Å². The summed E-state index contributed by atoms with van der Waals surface area (Å²) in [5.74, 6) is 0.442. The first-order valence-electron chi connectivity index (χ1n) is 7.17. The highest BCUT2D eigenvalue weighted by Gasteiger charge is 2.39. The van der Waals surface area contributed by atoms with Crippen LogP contribution in [0.4, 0.5) is 0 Å². The van der Waals surface area contributed by atoms with E-state index in [0.29, 0.717) is 12.5 Å². The molecule has 0 unspecified atom stereocenters. The van der Waals surface area contributed by atoms with Crippen molar-refractivity contribution in [3.63, 3.8) is 0 Å². The Morgan fingerprint density at radius 1 is 1.32 bits per heavy atom. The minimum absolute atomic E-state index is 0.0360. The Hall–Kier alpha value is -1.10. The van der Waals surface area contributed by atoms with Crippen molar-refractivity contribution < 1.29 is 9.59 Å². The lowest BCUT2D eigenvalue weighted by molar-refractivity contribution is -0.135. The summed E-state index contributed by atoms with van der Waals surface area (Å²) in [6.45, 7) is 6.38. The monoisotopic (exact) mass is 269 g/mol. The molecule has 0 spiro atoms. The summed E-state index contributed by atoms with van der Waals surface area (Å²) < 4.78 is 0. The number of rotatable bonds is 5. The maximum atomic E-state index is 12.3. The van der Waals surface area contributed by atoms with Gasteiger partial charge < -0.3 is 16.4 Å². The molecule has 1 fully saturated rings. The third-order valence-corrected chi connectivity index (χ3v) is 3.96. The van der Waals surface area contributed by atoms with Gasteiger partial charge in [-0.25, -0.2) is 0 Å². The van der Waals surface area contributed by atoms with Crippen LogP contribution in [0.2, 0.25) is 0 Å². The van der Waals surface area contributed by atoms with Crippen molar-refractivity contribution in [3.05, 3.63) is 0 Å². The van der Waals surface area contributed by atoms with Gasteiger partial charge in [0.25, 0.3) is 0 Å². The molecule has 1 aliphatic rings. The zero-order valence-electron chi connectivity index (χ0n) is 12.3. The van der Waals surface area contributed by atoms with Crippen molar-refractivity contribution in [3.8, 4) is 0 Å². The average Bonchev–Trinajstić information content (AvgIpc) is 2.36. The summed E-state index contributed by atoms with van der Waals surface area (Å²) in [4.78, 5) is 23.8. The van der Waals surface area contributed by atoms with Crippen molar-refractivity contribution in [2.75, 3.05) is 13.1 Å². The summed E-state index contributed by atoms with van der Waals surface area (Å²) in [7, 11) is 0. The van der Waals surface area contributed by atoms with Gasteiger partial charge in [0.15, 0.2) is 0 Å². The van der Waals surface area contributed by atoms with E-state index >= 15 is 0 Å². The Kier molecular flexibility index (Phi) is 5.79. The minimum Gasteiger partial charge on any atom is -0.352 e. The van der Waals surface area contributed by atoms with E-state index in [1.165, 1.54) is 0 Å². The van der Waals surface area contributed by atoms with Crippen LogP contribution in [-0.2, 0) is 9.59 Å². The lowest BCUT2D eigenvalue weighted by Gasteiger charge is -2.37. The van der Waals surface area contributed by atoms with Gasteiger partial charge in [0, 0.05) is 12.6 Å². The number of carbonyl (C=O) groups excluding carboxylic acids is 2. The van der Waals surface area contributed by atoms with Gasteiger partial charge in [0.05, 0.1) is 12.0 Å². The highest BCUT2D eigenvalue weighted by atomic mass is 16.2. The number of amides is 2. The molecular formula is C14H27N3O2. The van der Waals surface area contributed by atoms with Crippen molar-refractivity contribution in [1.82, 2.24) is 10.6 Å². The van der Waals surface area contributed by atoms with Crippen molar-refractivity contribution in [2.45, 2.75) is 52.5 Å². The highest BCUT2D eigenvalue weighted by molar-refractivity contribution is 5.88. The van der Waals surface area contributed by atoms with Crippen LogP contribution in [0.25, 0.3) is 0 Å². The molecule has 19 heavy (non-hydrogen) atoms. The van der Waals surface area contributed by atoms with E-state index in [1.54, 1.807) is 0 Å². The zero-order valence-corrected chi connectivity index (χ0v) is 12.3. The molecule has 1 rings (SSSR count). The van der Waals surface area contributed by atoms with Gasteiger partial charge in [0.1, 0.15) is 0 Å². The van der Waals surface area contributed by atoms with E-state index < -0.39 is 5.41 Å². The first-order valence-corrected chi connectivity index (χ1v) is 7.17. The molecule has 0 heterocycles. The topological polar surface area (TPSA) is 84.2 Å². The van der Waals surface area contributed by atoms with Gasteiger partial charge >= 0.3 is 0 Å². The van der Waals surface area contributed by atoms with Crippen LogP contribution in [0.1, 0.15) is 46.5 Å². The van der Waals surface area contributed by atoms with Crippen LogP contribution in [-0.4, -0.2) is 30.9 Å². The second-order valence-electron chi connectivity index (χ2n) is 6.07. The summed E-state index contributed by atoms with van der Waals surface area (Å²) in [6, 6.07) is 0.0865. The van der Waals surface area contributed by atoms with Crippen LogP contribution < -0.4 is 16.4 Å². The van der Waals surface area contributed by atoms with E-state index in [1.807, 2.05) is 13.8 Å². The van der Waals surface area contributed by atoms with Crippen molar-refractivity contribution >= 4 is 11.8 Å². The molecule has 0 aliphatic heterocycles. The summed E-state index contributed by atoms with van der Waals surface area (Å²) >= 11 is 0. The number of hydrogen-bond acceptors (Lipinski definition) is 3. The predicted molar refractivity (Wildman–Crippen MR) is 75.4 cm³/mol. The van der Waals surface area contributed by atoms with Gasteiger partial charge in [-0.05, 0) is 45.4 Å². The lowest BCUT2D eigenvalue weighted by Crippen LogP contribution is -2.50. The quantitative estimate of drug-likeness (QED) is 0.689. The van der Waals surface area contributed by atoms with Crippen molar-refractivity contribution in [2.24, 2.45) is 17.1 Å². The summed E-state index contributed by atoms with van der Waals surface area (Å²) in [6.07, 6.45) is 3.70.